The maximum atomic E-state index is 15.2. The lowest BCUT2D eigenvalue weighted by atomic mass is 10.1. The van der Waals surface area contributed by atoms with Crippen LogP contribution in [0.5, 0.6) is 0 Å². The zero-order valence-electron chi connectivity index (χ0n) is 21.1. The van der Waals surface area contributed by atoms with Gasteiger partial charge in [-0.25, -0.2) is 28.9 Å². The molecular formula is C20H24FN10O10P. The summed E-state index contributed by atoms with van der Waals surface area (Å²) in [5.74, 6) is -0.213. The molecule has 6 heterocycles. The molecule has 0 bridgehead atoms. The van der Waals surface area contributed by atoms with Gasteiger partial charge in [0.2, 0.25) is 5.95 Å². The topological polar surface area (TPSA) is 294 Å². The number of fused-ring (bicyclic) bond motifs is 2. The minimum atomic E-state index is -5.14. The minimum absolute atomic E-state index is 0.0728. The van der Waals surface area contributed by atoms with Crippen molar-refractivity contribution in [3.8, 4) is 0 Å². The third-order valence-electron chi connectivity index (χ3n) is 6.82. The largest absolute Gasteiger partial charge is 0.472 e. The molecule has 2 saturated heterocycles. The molecule has 42 heavy (non-hydrogen) atoms. The lowest BCUT2D eigenvalue weighted by Crippen LogP contribution is -2.34. The maximum absolute atomic E-state index is 15.2. The van der Waals surface area contributed by atoms with Crippen molar-refractivity contribution in [1.29, 1.82) is 0 Å². The Kier molecular flexibility index (Phi) is 7.15. The molecule has 9 atom stereocenters. The Morgan fingerprint density at radius 3 is 2.45 bits per heavy atom. The standard InChI is InChI=1S/C20H24FN10O10P/c21-8-6(1-32)39-19(31-5-27-10-16(31)28-20(23)29-17(10)35)13(8)41-42(36,37)38-2-7-11(33)12(34)18(40-7)30-4-26-9-14(22)24-3-25-15(9)30/h3-8,11-13,18-19,32-34H,1-2H2,(H,36,37)(H2,22,24,25)(H3,23,28,29,35)/t6-,7-,8?,11?,12+,13+,18-,19-/m1/s1. The summed E-state index contributed by atoms with van der Waals surface area (Å²) in [5, 5.41) is 30.7. The first kappa shape index (κ1) is 28.5. The Hall–Kier alpha value is -3.66. The molecule has 0 saturated carbocycles. The fraction of sp³-hybridized carbons (Fsp3) is 0.500. The molecule has 0 radical (unpaired) electrons. The number of alkyl halides is 1. The highest BCUT2D eigenvalue weighted by atomic mass is 31.2. The molecule has 0 aliphatic carbocycles. The number of anilines is 2. The summed E-state index contributed by atoms with van der Waals surface area (Å²) in [7, 11) is -5.14. The van der Waals surface area contributed by atoms with Gasteiger partial charge in [-0.2, -0.15) is 4.98 Å². The van der Waals surface area contributed by atoms with Crippen molar-refractivity contribution in [1.82, 2.24) is 39.0 Å². The molecule has 9 N–H and O–H groups in total. The van der Waals surface area contributed by atoms with Crippen LogP contribution in [0.25, 0.3) is 22.3 Å². The van der Waals surface area contributed by atoms with Gasteiger partial charge >= 0.3 is 7.82 Å². The first-order valence-electron chi connectivity index (χ1n) is 12.2. The number of H-pyrrole nitrogens is 1. The normalized spacial score (nSPS) is 31.3. The predicted octanol–water partition coefficient (Wildman–Crippen LogP) is -2.53. The molecule has 2 aliphatic heterocycles. The van der Waals surface area contributed by atoms with E-state index in [1.165, 1.54) is 17.2 Å². The molecule has 20 nitrogen and oxygen atoms in total. The van der Waals surface area contributed by atoms with Crippen LogP contribution in [0.3, 0.4) is 0 Å². The Bertz CT molecular complexity index is 1730. The third-order valence-corrected chi connectivity index (χ3v) is 7.81. The van der Waals surface area contributed by atoms with Gasteiger partial charge in [0.1, 0.15) is 42.4 Å². The molecule has 0 amide bonds. The first-order chi connectivity index (χ1) is 20.0. The quantitative estimate of drug-likeness (QED) is 0.101. The molecule has 0 aromatic carbocycles. The summed E-state index contributed by atoms with van der Waals surface area (Å²) in [6.45, 7) is -1.61. The summed E-state index contributed by atoms with van der Waals surface area (Å²) in [6.07, 6.45) is -9.30. The van der Waals surface area contributed by atoms with E-state index in [1.807, 2.05) is 0 Å². The van der Waals surface area contributed by atoms with Crippen LogP contribution in [0.15, 0.2) is 23.8 Å². The zero-order valence-corrected chi connectivity index (χ0v) is 22.0. The van der Waals surface area contributed by atoms with Gasteiger partial charge in [0.05, 0.1) is 25.9 Å². The van der Waals surface area contributed by atoms with Crippen molar-refractivity contribution in [2.75, 3.05) is 24.7 Å². The number of phosphoric ester groups is 1. The van der Waals surface area contributed by atoms with E-state index < -0.39 is 75.7 Å². The molecule has 2 aliphatic rings. The minimum Gasteiger partial charge on any atom is -0.394 e. The molecule has 6 rings (SSSR count). The van der Waals surface area contributed by atoms with Gasteiger partial charge in [-0.05, 0) is 0 Å². The van der Waals surface area contributed by atoms with Crippen molar-refractivity contribution in [3.05, 3.63) is 29.3 Å². The number of phosphoric acid groups is 1. The van der Waals surface area contributed by atoms with E-state index in [-0.39, 0.29) is 34.1 Å². The molecule has 2 fully saturated rings. The molecule has 3 unspecified atom stereocenters. The fourth-order valence-corrected chi connectivity index (χ4v) is 5.74. The van der Waals surface area contributed by atoms with Gasteiger partial charge in [-0.15, -0.1) is 0 Å². The van der Waals surface area contributed by atoms with Gasteiger partial charge in [-0.3, -0.25) is 28.0 Å². The number of aromatic nitrogens is 8. The fourth-order valence-electron chi connectivity index (χ4n) is 4.81. The van der Waals surface area contributed by atoms with Crippen LogP contribution in [0.1, 0.15) is 12.5 Å². The Morgan fingerprint density at radius 2 is 1.71 bits per heavy atom. The number of aliphatic hydroxyl groups excluding tert-OH is 3. The van der Waals surface area contributed by atoms with Gasteiger partial charge in [-0.1, -0.05) is 0 Å². The van der Waals surface area contributed by atoms with Crippen LogP contribution in [0.2, 0.25) is 0 Å². The summed E-state index contributed by atoms with van der Waals surface area (Å²) in [6, 6.07) is 0. The SMILES string of the molecule is Nc1nc2c(ncn2[C@@H]2O[C@H](CO)C(F)[C@@H]2OP(=O)(O)OC[C@H]2O[C@@H](n3cnc4c(N)ncnc43)[C@@H](O)C2O)c(=O)[nH]1. The number of halogens is 1. The van der Waals surface area contributed by atoms with Crippen molar-refractivity contribution >= 4 is 41.9 Å². The van der Waals surface area contributed by atoms with Gasteiger partial charge < -0.3 is 41.2 Å². The summed E-state index contributed by atoms with van der Waals surface area (Å²) in [4.78, 5) is 44.7. The van der Waals surface area contributed by atoms with Gasteiger partial charge in [0.25, 0.3) is 5.56 Å². The molecule has 4 aromatic heterocycles. The number of nitrogen functional groups attached to an aromatic ring is 2. The van der Waals surface area contributed by atoms with Crippen LogP contribution in [-0.2, 0) is 23.1 Å². The summed E-state index contributed by atoms with van der Waals surface area (Å²) in [5.41, 5.74) is 10.8. The van der Waals surface area contributed by atoms with Crippen molar-refractivity contribution in [3.63, 3.8) is 0 Å². The van der Waals surface area contributed by atoms with Crippen molar-refractivity contribution in [2.24, 2.45) is 0 Å². The first-order valence-corrected chi connectivity index (χ1v) is 13.7. The number of rotatable bonds is 8. The number of imidazole rings is 2. The van der Waals surface area contributed by atoms with Crippen LogP contribution < -0.4 is 17.0 Å². The Morgan fingerprint density at radius 1 is 1.02 bits per heavy atom. The van der Waals surface area contributed by atoms with Crippen LogP contribution >= 0.6 is 7.82 Å². The van der Waals surface area contributed by atoms with Crippen LogP contribution in [-0.4, -0.2) is 109 Å². The summed E-state index contributed by atoms with van der Waals surface area (Å²) < 4.78 is 51.8. The van der Waals surface area contributed by atoms with E-state index in [4.69, 9.17) is 30.0 Å². The van der Waals surface area contributed by atoms with E-state index in [0.717, 1.165) is 10.9 Å². The van der Waals surface area contributed by atoms with Crippen molar-refractivity contribution < 1.29 is 47.7 Å². The number of aliphatic hydroxyl groups is 3. The van der Waals surface area contributed by atoms with Gasteiger partial charge in [0.15, 0.2) is 41.3 Å². The zero-order chi connectivity index (χ0) is 29.9. The Labute approximate surface area is 232 Å². The van der Waals surface area contributed by atoms with E-state index in [9.17, 15) is 29.6 Å². The highest BCUT2D eigenvalue weighted by Crippen LogP contribution is 2.50. The highest BCUT2D eigenvalue weighted by Gasteiger charge is 2.51. The number of nitrogens with two attached hydrogens (primary N) is 2. The van der Waals surface area contributed by atoms with Crippen LogP contribution in [0.4, 0.5) is 16.2 Å². The number of aromatic amines is 1. The molecule has 226 valence electrons. The number of nitrogens with zero attached hydrogens (tertiary/aromatic N) is 7. The van der Waals surface area contributed by atoms with E-state index in [2.05, 4.69) is 29.9 Å². The summed E-state index contributed by atoms with van der Waals surface area (Å²) >= 11 is 0. The van der Waals surface area contributed by atoms with Gasteiger partial charge in [0, 0.05) is 0 Å². The smallest absolute Gasteiger partial charge is 0.394 e. The Balaban J connectivity index is 1.19. The maximum Gasteiger partial charge on any atom is 0.472 e. The molecule has 4 aromatic rings. The number of hydrogen-bond donors (Lipinski definition) is 7. The van der Waals surface area contributed by atoms with E-state index >= 15 is 4.39 Å². The van der Waals surface area contributed by atoms with E-state index in [0.29, 0.717) is 0 Å². The second-order valence-corrected chi connectivity index (χ2v) is 10.8. The molecule has 22 heteroatoms. The van der Waals surface area contributed by atoms with Crippen LogP contribution in [0, 0.1) is 0 Å². The average Bonchev–Trinajstić information content (AvgIpc) is 3.69. The number of nitrogens with one attached hydrogen (secondary N) is 1. The molecule has 0 spiro atoms. The number of ether oxygens (including phenoxy) is 2. The van der Waals surface area contributed by atoms with Crippen molar-refractivity contribution in [2.45, 2.75) is 49.1 Å². The predicted molar refractivity (Wildman–Crippen MR) is 135 cm³/mol. The van der Waals surface area contributed by atoms with E-state index in [1.54, 1.807) is 0 Å². The third kappa shape index (κ3) is 4.79. The lowest BCUT2D eigenvalue weighted by Gasteiger charge is -2.24. The second kappa shape index (κ2) is 10.6. The number of hydrogen-bond acceptors (Lipinski definition) is 16. The monoisotopic (exact) mass is 614 g/mol. The average molecular weight is 614 g/mol. The molecular weight excluding hydrogens is 590 g/mol. The second-order valence-electron chi connectivity index (χ2n) is 9.43. The highest BCUT2D eigenvalue weighted by molar-refractivity contribution is 7.47. The lowest BCUT2D eigenvalue weighted by molar-refractivity contribution is -0.0615.